The summed E-state index contributed by atoms with van der Waals surface area (Å²) in [6.07, 6.45) is -0.146. The Hall–Kier alpha value is -3.07. The van der Waals surface area contributed by atoms with Crippen LogP contribution in [0.5, 0.6) is 0 Å². The van der Waals surface area contributed by atoms with Crippen LogP contribution in [-0.4, -0.2) is 82.3 Å². The van der Waals surface area contributed by atoms with E-state index in [9.17, 15) is 24.0 Å². The maximum absolute atomic E-state index is 12.3. The maximum atomic E-state index is 12.3. The zero-order valence-electron chi connectivity index (χ0n) is 16.9. The van der Waals surface area contributed by atoms with Crippen molar-refractivity contribution in [3.63, 3.8) is 0 Å². The minimum Gasteiger partial charge on any atom is -0.481 e. The molecule has 0 heterocycles. The number of carboxylic acid groups (broad SMARTS) is 2. The molecule has 0 fully saturated rings. The van der Waals surface area contributed by atoms with Crippen molar-refractivity contribution in [2.75, 3.05) is 12.3 Å². The van der Waals surface area contributed by atoms with Crippen molar-refractivity contribution in [2.24, 2.45) is 22.2 Å². The minimum absolute atomic E-state index is 0.0905. The number of aliphatic imine (C=N–C) groups is 1. The number of carboxylic acids is 2. The Morgan fingerprint density at radius 2 is 1.55 bits per heavy atom. The molecule has 0 saturated heterocycles. The van der Waals surface area contributed by atoms with Gasteiger partial charge in [-0.1, -0.05) is 0 Å². The standard InChI is InChI=1S/C16H29N7O7S/c1-7(21-13(27)8(17)3-2-4-20-16(18)19)12(26)22-9(5-11(24)25)14(28)23-10(6-31)15(29)30/h7-10,31H,2-6,17H2,1H3,(H,21,27)(H,22,26)(H,23,28)(H,24,25)(H,29,30)(H4,18,19,20)/t7-,8-,9-,10-/m0/s1. The van der Waals surface area contributed by atoms with Crippen molar-refractivity contribution in [2.45, 2.75) is 50.4 Å². The average molecular weight is 464 g/mol. The summed E-state index contributed by atoms with van der Waals surface area (Å²) in [7, 11) is 0. The number of amides is 3. The first-order chi connectivity index (χ1) is 14.4. The number of guanidine groups is 1. The van der Waals surface area contributed by atoms with E-state index in [1.165, 1.54) is 6.92 Å². The Morgan fingerprint density at radius 1 is 0.968 bits per heavy atom. The first-order valence-electron chi connectivity index (χ1n) is 9.16. The second-order valence-corrected chi connectivity index (χ2v) is 6.89. The van der Waals surface area contributed by atoms with Gasteiger partial charge in [0.25, 0.3) is 0 Å². The molecule has 0 aromatic carbocycles. The van der Waals surface area contributed by atoms with E-state index in [-0.39, 0.29) is 24.7 Å². The van der Waals surface area contributed by atoms with Crippen LogP contribution in [0.15, 0.2) is 4.99 Å². The highest BCUT2D eigenvalue weighted by Crippen LogP contribution is 2.00. The molecule has 176 valence electrons. The van der Waals surface area contributed by atoms with Gasteiger partial charge in [0.15, 0.2) is 5.96 Å². The highest BCUT2D eigenvalue weighted by molar-refractivity contribution is 7.80. The lowest BCUT2D eigenvalue weighted by atomic mass is 10.1. The molecule has 11 N–H and O–H groups in total. The molecule has 0 aliphatic rings. The van der Waals surface area contributed by atoms with Crippen LogP contribution < -0.4 is 33.2 Å². The van der Waals surface area contributed by atoms with Crippen LogP contribution in [0.2, 0.25) is 0 Å². The molecule has 4 atom stereocenters. The Bertz CT molecular complexity index is 700. The van der Waals surface area contributed by atoms with Gasteiger partial charge < -0.3 is 43.4 Å². The van der Waals surface area contributed by atoms with E-state index in [0.717, 1.165) is 0 Å². The zero-order chi connectivity index (χ0) is 24.1. The smallest absolute Gasteiger partial charge is 0.327 e. The molecular formula is C16H29N7O7S. The Balaban J connectivity index is 4.88. The summed E-state index contributed by atoms with van der Waals surface area (Å²) in [5.41, 5.74) is 16.1. The molecule has 0 aliphatic carbocycles. The number of thiol groups is 1. The number of hydrogen-bond acceptors (Lipinski definition) is 8. The summed E-state index contributed by atoms with van der Waals surface area (Å²) in [5, 5.41) is 24.5. The lowest BCUT2D eigenvalue weighted by Crippen LogP contribution is -2.57. The van der Waals surface area contributed by atoms with Crippen LogP contribution in [-0.2, 0) is 24.0 Å². The van der Waals surface area contributed by atoms with Gasteiger partial charge in [-0.25, -0.2) is 4.79 Å². The first-order valence-corrected chi connectivity index (χ1v) is 9.79. The number of aliphatic carboxylic acids is 2. The van der Waals surface area contributed by atoms with Crippen LogP contribution in [0.1, 0.15) is 26.2 Å². The van der Waals surface area contributed by atoms with Crippen molar-refractivity contribution in [3.05, 3.63) is 0 Å². The molecule has 0 radical (unpaired) electrons. The van der Waals surface area contributed by atoms with Gasteiger partial charge in [0.2, 0.25) is 17.7 Å². The number of nitrogens with one attached hydrogen (secondary N) is 3. The van der Waals surface area contributed by atoms with Gasteiger partial charge in [0.1, 0.15) is 18.1 Å². The maximum Gasteiger partial charge on any atom is 0.327 e. The molecule has 0 spiro atoms. The van der Waals surface area contributed by atoms with Crippen molar-refractivity contribution in [3.8, 4) is 0 Å². The summed E-state index contributed by atoms with van der Waals surface area (Å²) < 4.78 is 0. The number of hydrogen-bond donors (Lipinski definition) is 9. The fraction of sp³-hybridized carbons (Fsp3) is 0.625. The SMILES string of the molecule is C[C@H](NC(=O)[C@@H](N)CCCN=C(N)N)C(=O)N[C@@H](CC(=O)O)C(=O)N[C@@H](CS)C(=O)O. The summed E-state index contributed by atoms with van der Waals surface area (Å²) in [6.45, 7) is 1.58. The van der Waals surface area contributed by atoms with E-state index in [4.69, 9.17) is 27.4 Å². The van der Waals surface area contributed by atoms with Crippen molar-refractivity contribution in [1.29, 1.82) is 0 Å². The lowest BCUT2D eigenvalue weighted by molar-refractivity contribution is -0.143. The van der Waals surface area contributed by atoms with Gasteiger partial charge in [-0.3, -0.25) is 24.2 Å². The van der Waals surface area contributed by atoms with E-state index in [2.05, 4.69) is 33.6 Å². The van der Waals surface area contributed by atoms with Gasteiger partial charge in [-0.2, -0.15) is 12.6 Å². The summed E-state index contributed by atoms with van der Waals surface area (Å²) in [4.78, 5) is 62.4. The van der Waals surface area contributed by atoms with Gasteiger partial charge in [-0.05, 0) is 19.8 Å². The van der Waals surface area contributed by atoms with Crippen molar-refractivity contribution in [1.82, 2.24) is 16.0 Å². The predicted molar refractivity (Wildman–Crippen MR) is 113 cm³/mol. The number of nitrogens with two attached hydrogens (primary N) is 3. The molecule has 31 heavy (non-hydrogen) atoms. The van der Waals surface area contributed by atoms with E-state index in [1.807, 2.05) is 0 Å². The third-order valence-electron chi connectivity index (χ3n) is 3.87. The lowest BCUT2D eigenvalue weighted by Gasteiger charge is -2.22. The Morgan fingerprint density at radius 3 is 2.03 bits per heavy atom. The van der Waals surface area contributed by atoms with E-state index in [0.29, 0.717) is 6.42 Å². The molecule has 0 aromatic rings. The topological polar surface area (TPSA) is 252 Å². The quantitative estimate of drug-likeness (QED) is 0.0528. The van der Waals surface area contributed by atoms with E-state index >= 15 is 0 Å². The van der Waals surface area contributed by atoms with E-state index < -0.39 is 60.2 Å². The summed E-state index contributed by atoms with van der Waals surface area (Å²) >= 11 is 3.79. The number of carbonyl (C=O) groups excluding carboxylic acids is 3. The summed E-state index contributed by atoms with van der Waals surface area (Å²) in [5.74, 6) is -5.65. The molecule has 0 aromatic heterocycles. The highest BCUT2D eigenvalue weighted by Gasteiger charge is 2.29. The molecule has 0 saturated carbocycles. The average Bonchev–Trinajstić information content (AvgIpc) is 2.67. The van der Waals surface area contributed by atoms with Crippen LogP contribution in [0, 0.1) is 0 Å². The van der Waals surface area contributed by atoms with Gasteiger partial charge >= 0.3 is 11.9 Å². The summed E-state index contributed by atoms with van der Waals surface area (Å²) in [6, 6.07) is -5.05. The molecule has 0 rings (SSSR count). The largest absolute Gasteiger partial charge is 0.481 e. The van der Waals surface area contributed by atoms with Crippen LogP contribution >= 0.6 is 12.6 Å². The molecule has 15 heteroatoms. The van der Waals surface area contributed by atoms with Crippen LogP contribution in [0.3, 0.4) is 0 Å². The Kier molecular flexibility index (Phi) is 12.6. The van der Waals surface area contributed by atoms with Gasteiger partial charge in [0, 0.05) is 12.3 Å². The molecule has 14 nitrogen and oxygen atoms in total. The number of nitrogens with zero attached hydrogens (tertiary/aromatic N) is 1. The Labute approximate surface area is 183 Å². The number of rotatable bonds is 14. The van der Waals surface area contributed by atoms with Crippen molar-refractivity contribution < 1.29 is 34.2 Å². The highest BCUT2D eigenvalue weighted by atomic mass is 32.1. The monoisotopic (exact) mass is 463 g/mol. The third kappa shape index (κ3) is 11.6. The predicted octanol–water partition coefficient (Wildman–Crippen LogP) is -3.67. The van der Waals surface area contributed by atoms with Crippen molar-refractivity contribution >= 4 is 48.2 Å². The third-order valence-corrected chi connectivity index (χ3v) is 4.23. The molecule has 0 bridgehead atoms. The van der Waals surface area contributed by atoms with Gasteiger partial charge in [0.05, 0.1) is 12.5 Å². The number of carbonyl (C=O) groups is 5. The zero-order valence-corrected chi connectivity index (χ0v) is 17.8. The molecule has 3 amide bonds. The first kappa shape index (κ1) is 27.9. The second-order valence-electron chi connectivity index (χ2n) is 6.53. The fourth-order valence-electron chi connectivity index (χ4n) is 2.17. The second kappa shape index (κ2) is 14.0. The molecule has 0 unspecified atom stereocenters. The fourth-order valence-corrected chi connectivity index (χ4v) is 2.42. The normalized spacial score (nSPS) is 14.3. The van der Waals surface area contributed by atoms with Gasteiger partial charge in [-0.15, -0.1) is 0 Å². The minimum atomic E-state index is -1.57. The molecular weight excluding hydrogens is 434 g/mol. The molecule has 0 aliphatic heterocycles. The van der Waals surface area contributed by atoms with E-state index in [1.54, 1.807) is 0 Å². The van der Waals surface area contributed by atoms with Crippen LogP contribution in [0.25, 0.3) is 0 Å². The van der Waals surface area contributed by atoms with Crippen LogP contribution in [0.4, 0.5) is 0 Å².